The quantitative estimate of drug-likeness (QED) is 0.745. The van der Waals surface area contributed by atoms with Gasteiger partial charge in [0, 0.05) is 19.1 Å². The van der Waals surface area contributed by atoms with Crippen molar-refractivity contribution in [2.45, 2.75) is 32.2 Å². The van der Waals surface area contributed by atoms with Crippen LogP contribution >= 0.6 is 0 Å². The summed E-state index contributed by atoms with van der Waals surface area (Å²) >= 11 is 0. The standard InChI is InChI=1S/C12H25N3/c1-2-14-8-5-11(9-14)12(13)10-15-6-3-4-7-15/h11-12H,2-10,13H2,1H3. The molecular formula is C12H25N3. The highest BCUT2D eigenvalue weighted by molar-refractivity contribution is 4.85. The zero-order chi connectivity index (χ0) is 10.7. The van der Waals surface area contributed by atoms with E-state index in [4.69, 9.17) is 5.73 Å². The monoisotopic (exact) mass is 211 g/mol. The Morgan fingerprint density at radius 3 is 2.53 bits per heavy atom. The number of hydrogen-bond donors (Lipinski definition) is 1. The molecule has 2 saturated heterocycles. The smallest absolute Gasteiger partial charge is 0.0209 e. The van der Waals surface area contributed by atoms with Crippen molar-refractivity contribution in [3.63, 3.8) is 0 Å². The van der Waals surface area contributed by atoms with Crippen LogP contribution in [-0.2, 0) is 0 Å². The minimum absolute atomic E-state index is 0.402. The Bertz CT molecular complexity index is 189. The first-order valence-electron chi connectivity index (χ1n) is 6.50. The Morgan fingerprint density at radius 1 is 1.20 bits per heavy atom. The third kappa shape index (κ3) is 2.92. The summed E-state index contributed by atoms with van der Waals surface area (Å²) in [6.07, 6.45) is 4.06. The van der Waals surface area contributed by atoms with E-state index in [1.807, 2.05) is 0 Å². The van der Waals surface area contributed by atoms with E-state index in [0.717, 1.165) is 12.5 Å². The van der Waals surface area contributed by atoms with Gasteiger partial charge in [-0.3, -0.25) is 0 Å². The molecule has 0 aromatic heterocycles. The predicted molar refractivity (Wildman–Crippen MR) is 63.9 cm³/mol. The summed E-state index contributed by atoms with van der Waals surface area (Å²) in [5, 5.41) is 0. The van der Waals surface area contributed by atoms with Crippen LogP contribution in [0, 0.1) is 5.92 Å². The molecule has 0 bridgehead atoms. The van der Waals surface area contributed by atoms with Crippen LogP contribution < -0.4 is 5.73 Å². The molecule has 2 rings (SSSR count). The molecule has 0 saturated carbocycles. The molecule has 2 N–H and O–H groups in total. The molecule has 3 heteroatoms. The number of likely N-dealkylation sites (tertiary alicyclic amines) is 2. The lowest BCUT2D eigenvalue weighted by Gasteiger charge is -2.25. The van der Waals surface area contributed by atoms with E-state index in [0.29, 0.717) is 6.04 Å². The SMILES string of the molecule is CCN1CCC(C(N)CN2CCCC2)C1. The van der Waals surface area contributed by atoms with Gasteiger partial charge in [0.15, 0.2) is 0 Å². The molecule has 2 aliphatic rings. The fourth-order valence-electron chi connectivity index (χ4n) is 2.91. The van der Waals surface area contributed by atoms with Crippen LogP contribution in [0.2, 0.25) is 0 Å². The van der Waals surface area contributed by atoms with Crippen molar-refractivity contribution in [1.29, 1.82) is 0 Å². The number of rotatable bonds is 4. The van der Waals surface area contributed by atoms with Crippen LogP contribution in [0.1, 0.15) is 26.2 Å². The van der Waals surface area contributed by atoms with Crippen LogP contribution in [0.3, 0.4) is 0 Å². The lowest BCUT2D eigenvalue weighted by molar-refractivity contribution is 0.263. The van der Waals surface area contributed by atoms with Gasteiger partial charge in [-0.05, 0) is 51.4 Å². The average molecular weight is 211 g/mol. The molecule has 0 spiro atoms. The lowest BCUT2D eigenvalue weighted by Crippen LogP contribution is -2.42. The minimum atomic E-state index is 0.402. The van der Waals surface area contributed by atoms with E-state index in [-0.39, 0.29) is 0 Å². The largest absolute Gasteiger partial charge is 0.326 e. The van der Waals surface area contributed by atoms with Crippen LogP contribution in [0.25, 0.3) is 0 Å². The van der Waals surface area contributed by atoms with Crippen molar-refractivity contribution in [2.75, 3.05) is 39.3 Å². The summed E-state index contributed by atoms with van der Waals surface area (Å²) < 4.78 is 0. The second-order valence-electron chi connectivity index (χ2n) is 5.11. The second kappa shape index (κ2) is 5.28. The Labute approximate surface area is 93.6 Å². The molecule has 0 amide bonds. The first-order chi connectivity index (χ1) is 7.29. The fourth-order valence-corrected chi connectivity index (χ4v) is 2.91. The number of nitrogens with zero attached hydrogens (tertiary/aromatic N) is 2. The van der Waals surface area contributed by atoms with Gasteiger partial charge in [0.2, 0.25) is 0 Å². The van der Waals surface area contributed by atoms with Crippen molar-refractivity contribution < 1.29 is 0 Å². The third-order valence-corrected chi connectivity index (χ3v) is 4.03. The van der Waals surface area contributed by atoms with Gasteiger partial charge in [0.1, 0.15) is 0 Å². The highest BCUT2D eigenvalue weighted by Gasteiger charge is 2.28. The zero-order valence-electron chi connectivity index (χ0n) is 9.99. The number of hydrogen-bond acceptors (Lipinski definition) is 3. The van der Waals surface area contributed by atoms with Crippen LogP contribution in [-0.4, -0.2) is 55.1 Å². The molecule has 0 aromatic rings. The molecule has 15 heavy (non-hydrogen) atoms. The summed E-state index contributed by atoms with van der Waals surface area (Å²) in [5.41, 5.74) is 6.31. The van der Waals surface area contributed by atoms with E-state index < -0.39 is 0 Å². The zero-order valence-corrected chi connectivity index (χ0v) is 9.99. The maximum absolute atomic E-state index is 6.31. The molecule has 0 aromatic carbocycles. The van der Waals surface area contributed by atoms with E-state index in [1.54, 1.807) is 0 Å². The Morgan fingerprint density at radius 2 is 1.93 bits per heavy atom. The van der Waals surface area contributed by atoms with Gasteiger partial charge >= 0.3 is 0 Å². The topological polar surface area (TPSA) is 32.5 Å². The maximum Gasteiger partial charge on any atom is 0.0209 e. The van der Waals surface area contributed by atoms with Gasteiger partial charge in [-0.15, -0.1) is 0 Å². The Balaban J connectivity index is 1.73. The summed E-state index contributed by atoms with van der Waals surface area (Å²) in [6.45, 7) is 9.60. The van der Waals surface area contributed by atoms with Crippen LogP contribution in [0.5, 0.6) is 0 Å². The summed E-state index contributed by atoms with van der Waals surface area (Å²) in [6, 6.07) is 0.402. The lowest BCUT2D eigenvalue weighted by atomic mass is 9.99. The predicted octanol–water partition coefficient (Wildman–Crippen LogP) is 0.751. The molecule has 3 nitrogen and oxygen atoms in total. The average Bonchev–Trinajstić information content (AvgIpc) is 2.86. The molecule has 2 heterocycles. The van der Waals surface area contributed by atoms with Gasteiger partial charge in [-0.25, -0.2) is 0 Å². The van der Waals surface area contributed by atoms with E-state index in [1.165, 1.54) is 52.0 Å². The van der Waals surface area contributed by atoms with Gasteiger partial charge in [-0.1, -0.05) is 6.92 Å². The number of nitrogens with two attached hydrogens (primary N) is 1. The molecule has 2 fully saturated rings. The molecule has 2 aliphatic heterocycles. The van der Waals surface area contributed by atoms with Crippen LogP contribution in [0.15, 0.2) is 0 Å². The molecule has 0 aliphatic carbocycles. The van der Waals surface area contributed by atoms with Gasteiger partial charge in [0.05, 0.1) is 0 Å². The van der Waals surface area contributed by atoms with E-state index in [2.05, 4.69) is 16.7 Å². The first-order valence-corrected chi connectivity index (χ1v) is 6.50. The normalized spacial score (nSPS) is 31.2. The molecular weight excluding hydrogens is 186 g/mol. The Hall–Kier alpha value is -0.120. The van der Waals surface area contributed by atoms with Crippen molar-refractivity contribution in [1.82, 2.24) is 9.80 Å². The van der Waals surface area contributed by atoms with Gasteiger partial charge < -0.3 is 15.5 Å². The molecule has 2 unspecified atom stereocenters. The third-order valence-electron chi connectivity index (χ3n) is 4.03. The minimum Gasteiger partial charge on any atom is -0.326 e. The van der Waals surface area contributed by atoms with Crippen molar-refractivity contribution in [2.24, 2.45) is 11.7 Å². The summed E-state index contributed by atoms with van der Waals surface area (Å²) in [5.74, 6) is 0.741. The molecule has 2 atom stereocenters. The van der Waals surface area contributed by atoms with E-state index in [9.17, 15) is 0 Å². The highest BCUT2D eigenvalue weighted by Crippen LogP contribution is 2.20. The van der Waals surface area contributed by atoms with Crippen molar-refractivity contribution >= 4 is 0 Å². The highest BCUT2D eigenvalue weighted by atomic mass is 15.2. The van der Waals surface area contributed by atoms with Gasteiger partial charge in [-0.2, -0.15) is 0 Å². The first kappa shape index (κ1) is 11.4. The second-order valence-corrected chi connectivity index (χ2v) is 5.11. The maximum atomic E-state index is 6.31. The van der Waals surface area contributed by atoms with Crippen molar-refractivity contribution in [3.05, 3.63) is 0 Å². The van der Waals surface area contributed by atoms with Crippen LogP contribution in [0.4, 0.5) is 0 Å². The van der Waals surface area contributed by atoms with Gasteiger partial charge in [0.25, 0.3) is 0 Å². The summed E-state index contributed by atoms with van der Waals surface area (Å²) in [4.78, 5) is 5.06. The molecule has 88 valence electrons. The summed E-state index contributed by atoms with van der Waals surface area (Å²) in [7, 11) is 0. The fraction of sp³-hybridized carbons (Fsp3) is 1.00. The molecule has 0 radical (unpaired) electrons. The van der Waals surface area contributed by atoms with Crippen molar-refractivity contribution in [3.8, 4) is 0 Å². The van der Waals surface area contributed by atoms with E-state index >= 15 is 0 Å². The Kier molecular flexibility index (Phi) is 4.00.